The van der Waals surface area contributed by atoms with Crippen LogP contribution in [-0.2, 0) is 4.74 Å². The molecule has 4 heteroatoms. The van der Waals surface area contributed by atoms with Crippen molar-refractivity contribution in [3.63, 3.8) is 0 Å². The molecular formula is C19H15NO2S. The van der Waals surface area contributed by atoms with Gasteiger partial charge in [0.1, 0.15) is 10.8 Å². The van der Waals surface area contributed by atoms with Crippen LogP contribution in [0.4, 0.5) is 0 Å². The van der Waals surface area contributed by atoms with Gasteiger partial charge in [-0.15, -0.1) is 11.3 Å². The van der Waals surface area contributed by atoms with Gasteiger partial charge in [-0.1, -0.05) is 48.5 Å². The molecule has 1 heterocycles. The van der Waals surface area contributed by atoms with E-state index in [1.807, 2.05) is 60.8 Å². The van der Waals surface area contributed by atoms with Crippen molar-refractivity contribution in [3.8, 4) is 0 Å². The Kier molecular flexibility index (Phi) is 4.64. The van der Waals surface area contributed by atoms with Gasteiger partial charge in [0, 0.05) is 22.7 Å². The molecule has 0 amide bonds. The molecule has 1 aromatic heterocycles. The fourth-order valence-corrected chi connectivity index (χ4v) is 2.77. The smallest absolute Gasteiger partial charge is 0.343 e. The van der Waals surface area contributed by atoms with Crippen molar-refractivity contribution in [1.29, 1.82) is 0 Å². The number of aromatic nitrogens is 1. The number of nitrogens with zero attached hydrogens (tertiary/aromatic N) is 1. The molecule has 23 heavy (non-hydrogen) atoms. The van der Waals surface area contributed by atoms with E-state index in [0.29, 0.717) is 11.3 Å². The van der Waals surface area contributed by atoms with Gasteiger partial charge in [0.15, 0.2) is 0 Å². The molecule has 114 valence electrons. The Balaban J connectivity index is 1.93. The van der Waals surface area contributed by atoms with Crippen molar-refractivity contribution in [2.75, 3.05) is 0 Å². The number of hydrogen-bond donors (Lipinski definition) is 0. The molecule has 0 aliphatic heterocycles. The molecule has 0 N–H and O–H groups in total. The van der Waals surface area contributed by atoms with Crippen molar-refractivity contribution < 1.29 is 9.53 Å². The van der Waals surface area contributed by atoms with Gasteiger partial charge in [0.2, 0.25) is 0 Å². The summed E-state index contributed by atoms with van der Waals surface area (Å²) < 4.78 is 5.62. The summed E-state index contributed by atoms with van der Waals surface area (Å²) in [6, 6.07) is 18.5. The molecule has 0 saturated heterocycles. The molecule has 0 fully saturated rings. The van der Waals surface area contributed by atoms with Gasteiger partial charge in [-0.25, -0.2) is 9.78 Å². The predicted octanol–water partition coefficient (Wildman–Crippen LogP) is 4.81. The molecular weight excluding hydrogens is 306 g/mol. The third-order valence-electron chi connectivity index (χ3n) is 3.16. The number of hydrogen-bond acceptors (Lipinski definition) is 4. The maximum absolute atomic E-state index is 12.3. The largest absolute Gasteiger partial charge is 0.422 e. The third-order valence-corrected chi connectivity index (χ3v) is 4.07. The second kappa shape index (κ2) is 7.03. The quantitative estimate of drug-likeness (QED) is 0.511. The van der Waals surface area contributed by atoms with E-state index < -0.39 is 0 Å². The zero-order valence-corrected chi connectivity index (χ0v) is 13.4. The summed E-state index contributed by atoms with van der Waals surface area (Å²) in [6.07, 6.45) is 1.80. The maximum Gasteiger partial charge on any atom is 0.343 e. The first-order chi connectivity index (χ1) is 11.2. The van der Waals surface area contributed by atoms with E-state index >= 15 is 0 Å². The van der Waals surface area contributed by atoms with E-state index in [1.165, 1.54) is 11.3 Å². The minimum Gasteiger partial charge on any atom is -0.422 e. The van der Waals surface area contributed by atoms with Crippen LogP contribution in [-0.4, -0.2) is 11.0 Å². The Bertz CT molecular complexity index is 823. The van der Waals surface area contributed by atoms with Crippen LogP contribution in [0, 0.1) is 6.92 Å². The Morgan fingerprint density at radius 2 is 1.61 bits per heavy atom. The van der Waals surface area contributed by atoms with Crippen molar-refractivity contribution in [2.45, 2.75) is 6.92 Å². The van der Waals surface area contributed by atoms with Crippen molar-refractivity contribution in [3.05, 3.63) is 87.9 Å². The van der Waals surface area contributed by atoms with Crippen LogP contribution in [0.1, 0.15) is 26.6 Å². The molecule has 0 aliphatic rings. The summed E-state index contributed by atoms with van der Waals surface area (Å²) in [7, 11) is 0. The Morgan fingerprint density at radius 1 is 1.00 bits per heavy atom. The highest BCUT2D eigenvalue weighted by atomic mass is 32.1. The minimum absolute atomic E-state index is 0.381. The van der Waals surface area contributed by atoms with Gasteiger partial charge < -0.3 is 4.74 Å². The summed E-state index contributed by atoms with van der Waals surface area (Å²) in [5.74, 6) is 0.114. The lowest BCUT2D eigenvalue weighted by atomic mass is 10.1. The molecule has 0 bridgehead atoms. The zero-order valence-electron chi connectivity index (χ0n) is 12.6. The van der Waals surface area contributed by atoms with Crippen LogP contribution in [0.3, 0.4) is 0 Å². The third kappa shape index (κ3) is 3.93. The van der Waals surface area contributed by atoms with E-state index in [9.17, 15) is 4.79 Å². The number of ether oxygens (including phenoxy) is 1. The van der Waals surface area contributed by atoms with Crippen LogP contribution in [0.2, 0.25) is 0 Å². The average molecular weight is 321 g/mol. The molecule has 0 atom stereocenters. The first-order valence-corrected chi connectivity index (χ1v) is 8.07. The van der Waals surface area contributed by atoms with E-state index in [-0.39, 0.29) is 5.97 Å². The van der Waals surface area contributed by atoms with Gasteiger partial charge in [-0.3, -0.25) is 0 Å². The summed E-state index contributed by atoms with van der Waals surface area (Å²) >= 11 is 1.52. The number of thiazole rings is 1. The molecule has 0 spiro atoms. The summed E-state index contributed by atoms with van der Waals surface area (Å²) in [6.45, 7) is 1.94. The second-order valence-corrected chi connectivity index (χ2v) is 5.85. The average Bonchev–Trinajstić information content (AvgIpc) is 3.01. The van der Waals surface area contributed by atoms with Gasteiger partial charge >= 0.3 is 5.97 Å². The highest BCUT2D eigenvalue weighted by Gasteiger charge is 2.12. The molecule has 3 nitrogen and oxygen atoms in total. The van der Waals surface area contributed by atoms with Crippen molar-refractivity contribution in [2.24, 2.45) is 0 Å². The van der Waals surface area contributed by atoms with Crippen LogP contribution < -0.4 is 0 Å². The van der Waals surface area contributed by atoms with Gasteiger partial charge in [-0.05, 0) is 19.1 Å². The highest BCUT2D eigenvalue weighted by molar-refractivity contribution is 7.10. The van der Waals surface area contributed by atoms with E-state index in [2.05, 4.69) is 4.98 Å². The fraction of sp³-hybridized carbons (Fsp3) is 0.0526. The molecule has 2 aromatic carbocycles. The molecule has 0 unspecified atom stereocenters. The van der Waals surface area contributed by atoms with E-state index in [1.54, 1.807) is 18.2 Å². The minimum atomic E-state index is -0.381. The Hall–Kier alpha value is -2.72. The van der Waals surface area contributed by atoms with Crippen LogP contribution in [0.15, 0.2) is 66.0 Å². The second-order valence-electron chi connectivity index (χ2n) is 4.96. The maximum atomic E-state index is 12.3. The lowest BCUT2D eigenvalue weighted by Gasteiger charge is -2.09. The number of esters is 1. The monoisotopic (exact) mass is 321 g/mol. The lowest BCUT2D eigenvalue weighted by molar-refractivity contribution is 0.0693. The summed E-state index contributed by atoms with van der Waals surface area (Å²) in [4.78, 5) is 16.8. The highest BCUT2D eigenvalue weighted by Crippen LogP contribution is 2.22. The molecule has 3 rings (SSSR count). The number of carbonyl (C=O) groups excluding carboxylic acids is 1. The van der Waals surface area contributed by atoms with Crippen molar-refractivity contribution in [1.82, 2.24) is 4.98 Å². The first-order valence-electron chi connectivity index (χ1n) is 7.19. The van der Waals surface area contributed by atoms with Crippen LogP contribution in [0.25, 0.3) is 11.8 Å². The van der Waals surface area contributed by atoms with E-state index in [0.717, 1.165) is 16.3 Å². The summed E-state index contributed by atoms with van der Waals surface area (Å²) in [5.41, 5.74) is 2.30. The number of rotatable bonds is 4. The SMILES string of the molecule is Cc1csc(/C=C(\OC(=O)c2ccccc2)c2ccccc2)n1. The number of benzene rings is 2. The van der Waals surface area contributed by atoms with E-state index in [4.69, 9.17) is 4.74 Å². The Labute approximate surface area is 138 Å². The molecule has 3 aromatic rings. The molecule has 0 radical (unpaired) electrons. The summed E-state index contributed by atoms with van der Waals surface area (Å²) in [5, 5.41) is 2.77. The normalized spacial score (nSPS) is 11.3. The lowest BCUT2D eigenvalue weighted by Crippen LogP contribution is -2.04. The first kappa shape index (κ1) is 15.2. The fourth-order valence-electron chi connectivity index (χ4n) is 2.06. The standard InChI is InChI=1S/C19H15NO2S/c1-14-13-23-18(20-14)12-17(15-8-4-2-5-9-15)22-19(21)16-10-6-3-7-11-16/h2-13H,1H3/b17-12-. The molecule has 0 saturated carbocycles. The molecule has 0 aliphatic carbocycles. The van der Waals surface area contributed by atoms with Gasteiger partial charge in [-0.2, -0.15) is 0 Å². The Morgan fingerprint density at radius 3 is 2.17 bits per heavy atom. The van der Waals surface area contributed by atoms with Crippen LogP contribution >= 0.6 is 11.3 Å². The van der Waals surface area contributed by atoms with Gasteiger partial charge in [0.05, 0.1) is 5.56 Å². The van der Waals surface area contributed by atoms with Crippen LogP contribution in [0.5, 0.6) is 0 Å². The number of aryl methyl sites for hydroxylation is 1. The number of carbonyl (C=O) groups is 1. The topological polar surface area (TPSA) is 39.2 Å². The predicted molar refractivity (Wildman–Crippen MR) is 93.0 cm³/mol. The van der Waals surface area contributed by atoms with Crippen molar-refractivity contribution >= 4 is 29.1 Å². The zero-order chi connectivity index (χ0) is 16.1. The van der Waals surface area contributed by atoms with Gasteiger partial charge in [0.25, 0.3) is 0 Å².